The summed E-state index contributed by atoms with van der Waals surface area (Å²) in [7, 11) is 0. The van der Waals surface area contributed by atoms with Crippen LogP contribution in [0.3, 0.4) is 0 Å². The van der Waals surface area contributed by atoms with E-state index in [0.29, 0.717) is 0 Å². The Balaban J connectivity index is 1.92. The molecule has 17 heavy (non-hydrogen) atoms. The Hall–Kier alpha value is -1.36. The van der Waals surface area contributed by atoms with Crippen LogP contribution in [0.15, 0.2) is 27.5 Å². The molecule has 0 aliphatic heterocycles. The summed E-state index contributed by atoms with van der Waals surface area (Å²) < 4.78 is 6.09. The summed E-state index contributed by atoms with van der Waals surface area (Å²) in [6.45, 7) is 4.74. The first-order valence-corrected chi connectivity index (χ1v) is 6.22. The summed E-state index contributed by atoms with van der Waals surface area (Å²) in [5, 5.41) is 7.25. The molecular weight excluding hydrogens is 282 g/mol. The lowest BCUT2D eigenvalue weighted by molar-refractivity contribution is 0.392. The molecule has 0 bridgehead atoms. The van der Waals surface area contributed by atoms with Gasteiger partial charge in [-0.25, -0.2) is 0 Å². The van der Waals surface area contributed by atoms with Gasteiger partial charge in [0.05, 0.1) is 17.6 Å². The van der Waals surface area contributed by atoms with Crippen LogP contribution in [0.5, 0.6) is 0 Å². The van der Waals surface area contributed by atoms with Crippen molar-refractivity contribution >= 4 is 21.6 Å². The van der Waals surface area contributed by atoms with Crippen LogP contribution >= 0.6 is 15.9 Å². The Morgan fingerprint density at radius 3 is 2.82 bits per heavy atom. The Bertz CT molecular complexity index is 491. The fourth-order valence-electron chi connectivity index (χ4n) is 1.70. The predicted molar refractivity (Wildman–Crippen MR) is 70.1 cm³/mol. The molecule has 0 radical (unpaired) electrons. The molecule has 5 heteroatoms. The first-order valence-electron chi connectivity index (χ1n) is 5.43. The third kappa shape index (κ3) is 3.06. The van der Waals surface area contributed by atoms with Crippen LogP contribution in [0.1, 0.15) is 17.0 Å². The highest BCUT2D eigenvalue weighted by Crippen LogP contribution is 2.15. The Morgan fingerprint density at radius 1 is 1.35 bits per heavy atom. The van der Waals surface area contributed by atoms with Crippen molar-refractivity contribution in [2.45, 2.75) is 20.3 Å². The Morgan fingerprint density at radius 2 is 2.18 bits per heavy atom. The smallest absolute Gasteiger partial charge is 0.137 e. The van der Waals surface area contributed by atoms with Crippen LogP contribution in [-0.2, 0) is 6.42 Å². The quantitative estimate of drug-likeness (QED) is 0.942. The highest BCUT2D eigenvalue weighted by atomic mass is 79.9. The van der Waals surface area contributed by atoms with Gasteiger partial charge in [-0.05, 0) is 42.3 Å². The zero-order chi connectivity index (χ0) is 12.3. The highest BCUT2D eigenvalue weighted by Gasteiger charge is 2.07. The van der Waals surface area contributed by atoms with Gasteiger partial charge in [0.15, 0.2) is 0 Å². The average Bonchev–Trinajstić information content (AvgIpc) is 2.61. The molecule has 0 aliphatic rings. The molecule has 0 spiro atoms. The number of rotatable bonds is 4. The Labute approximate surface area is 109 Å². The number of nitrogens with zero attached hydrogens (tertiary/aromatic N) is 2. The SMILES string of the molecule is Cc1noc(C)c1CCNc1cncc(Br)c1. The molecule has 2 rings (SSSR count). The van der Waals surface area contributed by atoms with E-state index in [0.717, 1.165) is 34.6 Å². The zero-order valence-electron chi connectivity index (χ0n) is 9.83. The van der Waals surface area contributed by atoms with Gasteiger partial charge in [0.25, 0.3) is 0 Å². The fraction of sp³-hybridized carbons (Fsp3) is 0.333. The molecule has 2 aromatic rings. The standard InChI is InChI=1S/C12H14BrN3O/c1-8-12(9(2)17-16-8)3-4-15-11-5-10(13)6-14-7-11/h5-7,15H,3-4H2,1-2H3. The molecule has 0 atom stereocenters. The summed E-state index contributed by atoms with van der Waals surface area (Å²) >= 11 is 3.39. The summed E-state index contributed by atoms with van der Waals surface area (Å²) in [5.74, 6) is 0.900. The van der Waals surface area contributed by atoms with Gasteiger partial charge in [-0.2, -0.15) is 0 Å². The van der Waals surface area contributed by atoms with E-state index in [1.807, 2.05) is 19.9 Å². The molecule has 0 unspecified atom stereocenters. The number of aromatic nitrogens is 2. The van der Waals surface area contributed by atoms with E-state index in [4.69, 9.17) is 4.52 Å². The van der Waals surface area contributed by atoms with Gasteiger partial charge in [-0.3, -0.25) is 4.98 Å². The van der Waals surface area contributed by atoms with Crippen LogP contribution in [0.4, 0.5) is 5.69 Å². The van der Waals surface area contributed by atoms with Crippen molar-refractivity contribution in [3.8, 4) is 0 Å². The van der Waals surface area contributed by atoms with E-state index >= 15 is 0 Å². The van der Waals surface area contributed by atoms with Gasteiger partial charge < -0.3 is 9.84 Å². The topological polar surface area (TPSA) is 51.0 Å². The lowest BCUT2D eigenvalue weighted by Crippen LogP contribution is -2.06. The summed E-state index contributed by atoms with van der Waals surface area (Å²) in [6.07, 6.45) is 4.46. The first-order chi connectivity index (χ1) is 8.16. The van der Waals surface area contributed by atoms with Crippen LogP contribution < -0.4 is 5.32 Å². The molecule has 90 valence electrons. The minimum Gasteiger partial charge on any atom is -0.383 e. The minimum atomic E-state index is 0.834. The highest BCUT2D eigenvalue weighted by molar-refractivity contribution is 9.10. The van der Waals surface area contributed by atoms with Crippen molar-refractivity contribution in [1.29, 1.82) is 0 Å². The number of halogens is 1. The molecule has 1 N–H and O–H groups in total. The fourth-order valence-corrected chi connectivity index (χ4v) is 2.06. The van der Waals surface area contributed by atoms with Crippen LogP contribution in [-0.4, -0.2) is 16.7 Å². The van der Waals surface area contributed by atoms with Gasteiger partial charge in [-0.15, -0.1) is 0 Å². The largest absolute Gasteiger partial charge is 0.383 e. The monoisotopic (exact) mass is 295 g/mol. The van der Waals surface area contributed by atoms with Crippen LogP contribution in [0.25, 0.3) is 0 Å². The predicted octanol–water partition coefficient (Wildman–Crippen LogP) is 3.10. The zero-order valence-corrected chi connectivity index (χ0v) is 11.4. The Kier molecular flexibility index (Phi) is 3.78. The molecule has 0 amide bonds. The number of anilines is 1. The van der Waals surface area contributed by atoms with E-state index < -0.39 is 0 Å². The van der Waals surface area contributed by atoms with Crippen molar-refractivity contribution in [1.82, 2.24) is 10.1 Å². The van der Waals surface area contributed by atoms with Crippen molar-refractivity contribution in [2.75, 3.05) is 11.9 Å². The van der Waals surface area contributed by atoms with Gasteiger partial charge in [0.2, 0.25) is 0 Å². The molecule has 2 aromatic heterocycles. The first kappa shape index (κ1) is 12.1. The number of pyridine rings is 1. The van der Waals surface area contributed by atoms with Crippen LogP contribution in [0.2, 0.25) is 0 Å². The van der Waals surface area contributed by atoms with Gasteiger partial charge >= 0.3 is 0 Å². The third-order valence-electron chi connectivity index (χ3n) is 2.59. The second kappa shape index (κ2) is 5.31. The maximum absolute atomic E-state index is 5.12. The maximum atomic E-state index is 5.12. The van der Waals surface area contributed by atoms with E-state index in [2.05, 4.69) is 31.4 Å². The van der Waals surface area contributed by atoms with E-state index in [9.17, 15) is 0 Å². The molecule has 0 fully saturated rings. The van der Waals surface area contributed by atoms with Crippen molar-refractivity contribution in [3.05, 3.63) is 40.0 Å². The molecule has 0 saturated heterocycles. The minimum absolute atomic E-state index is 0.834. The molecule has 0 aliphatic carbocycles. The number of hydrogen-bond acceptors (Lipinski definition) is 4. The van der Waals surface area contributed by atoms with Crippen molar-refractivity contribution < 1.29 is 4.52 Å². The molecule has 0 aromatic carbocycles. The number of hydrogen-bond donors (Lipinski definition) is 1. The maximum Gasteiger partial charge on any atom is 0.137 e. The van der Waals surface area contributed by atoms with Crippen LogP contribution in [0, 0.1) is 13.8 Å². The average molecular weight is 296 g/mol. The molecule has 2 heterocycles. The lowest BCUT2D eigenvalue weighted by Gasteiger charge is -2.05. The molecule has 0 saturated carbocycles. The summed E-state index contributed by atoms with van der Waals surface area (Å²) in [5.41, 5.74) is 3.16. The second-order valence-electron chi connectivity index (χ2n) is 3.87. The van der Waals surface area contributed by atoms with Gasteiger partial charge in [0, 0.05) is 22.8 Å². The van der Waals surface area contributed by atoms with Crippen molar-refractivity contribution in [2.24, 2.45) is 0 Å². The summed E-state index contributed by atoms with van der Waals surface area (Å²) in [4.78, 5) is 4.09. The molecule has 4 nitrogen and oxygen atoms in total. The summed E-state index contributed by atoms with van der Waals surface area (Å²) in [6, 6.07) is 2.00. The molecular formula is C12H14BrN3O. The van der Waals surface area contributed by atoms with E-state index in [-0.39, 0.29) is 0 Å². The van der Waals surface area contributed by atoms with Gasteiger partial charge in [-0.1, -0.05) is 5.16 Å². The lowest BCUT2D eigenvalue weighted by atomic mass is 10.1. The van der Waals surface area contributed by atoms with E-state index in [1.54, 1.807) is 12.4 Å². The number of aryl methyl sites for hydroxylation is 2. The van der Waals surface area contributed by atoms with Crippen molar-refractivity contribution in [3.63, 3.8) is 0 Å². The second-order valence-corrected chi connectivity index (χ2v) is 4.79. The number of nitrogens with one attached hydrogen (secondary N) is 1. The normalized spacial score (nSPS) is 10.5. The third-order valence-corrected chi connectivity index (χ3v) is 3.02. The van der Waals surface area contributed by atoms with Gasteiger partial charge in [0.1, 0.15) is 5.76 Å². The van der Waals surface area contributed by atoms with E-state index in [1.165, 1.54) is 5.56 Å².